The number of alkyl halides is 3. The number of hydrogen-bond acceptors (Lipinski definition) is 3. The van der Waals surface area contributed by atoms with Crippen LogP contribution in [-0.4, -0.2) is 31.0 Å². The Morgan fingerprint density at radius 2 is 2.24 bits per heavy atom. The molecular formula is C13H15ClF3N3O. The highest BCUT2D eigenvalue weighted by Crippen LogP contribution is 2.34. The number of rotatable bonds is 2. The zero-order valence-electron chi connectivity index (χ0n) is 11.4. The van der Waals surface area contributed by atoms with Crippen LogP contribution >= 0.6 is 11.6 Å². The summed E-state index contributed by atoms with van der Waals surface area (Å²) in [7, 11) is 1.56. The number of pyridine rings is 1. The van der Waals surface area contributed by atoms with Crippen molar-refractivity contribution < 1.29 is 18.0 Å². The summed E-state index contributed by atoms with van der Waals surface area (Å²) in [5.74, 6) is 0.00455. The molecule has 4 nitrogen and oxygen atoms in total. The van der Waals surface area contributed by atoms with Crippen molar-refractivity contribution in [2.24, 2.45) is 5.92 Å². The second-order valence-corrected chi connectivity index (χ2v) is 5.33. The lowest BCUT2D eigenvalue weighted by Gasteiger charge is -2.33. The van der Waals surface area contributed by atoms with Gasteiger partial charge in [-0.05, 0) is 18.9 Å². The minimum Gasteiger partial charge on any atom is -0.359 e. The standard InChI is InChI=1S/C13H15ClF3N3O/c1-18-12(21)8-3-2-4-20(7-8)11-10(14)5-9(6-19-11)13(15,16)17/h5-6,8H,2-4,7H2,1H3,(H,18,21). The van der Waals surface area contributed by atoms with Crippen LogP contribution in [-0.2, 0) is 11.0 Å². The van der Waals surface area contributed by atoms with Gasteiger partial charge in [0, 0.05) is 26.3 Å². The zero-order valence-corrected chi connectivity index (χ0v) is 12.1. The molecule has 0 spiro atoms. The van der Waals surface area contributed by atoms with Gasteiger partial charge in [0.05, 0.1) is 16.5 Å². The summed E-state index contributed by atoms with van der Waals surface area (Å²) in [6, 6.07) is 0.868. The maximum absolute atomic E-state index is 12.6. The van der Waals surface area contributed by atoms with E-state index in [9.17, 15) is 18.0 Å². The predicted molar refractivity (Wildman–Crippen MR) is 73.3 cm³/mol. The Bertz CT molecular complexity index is 536. The number of carbonyl (C=O) groups excluding carboxylic acids is 1. The second-order valence-electron chi connectivity index (χ2n) is 4.93. The summed E-state index contributed by atoms with van der Waals surface area (Å²) in [6.07, 6.45) is -2.20. The van der Waals surface area contributed by atoms with Crippen LogP contribution in [0.4, 0.5) is 19.0 Å². The lowest BCUT2D eigenvalue weighted by Crippen LogP contribution is -2.42. The molecular weight excluding hydrogens is 307 g/mol. The maximum atomic E-state index is 12.6. The van der Waals surface area contributed by atoms with Crippen molar-refractivity contribution in [3.63, 3.8) is 0 Å². The van der Waals surface area contributed by atoms with Crippen molar-refractivity contribution in [3.8, 4) is 0 Å². The van der Waals surface area contributed by atoms with Gasteiger partial charge in [0.2, 0.25) is 5.91 Å². The molecule has 0 aliphatic carbocycles. The molecule has 8 heteroatoms. The SMILES string of the molecule is CNC(=O)C1CCCN(c2ncc(C(F)(F)F)cc2Cl)C1. The first-order valence-corrected chi connectivity index (χ1v) is 6.90. The molecule has 21 heavy (non-hydrogen) atoms. The molecule has 2 rings (SSSR count). The third-order valence-electron chi connectivity index (χ3n) is 3.49. The minimum atomic E-state index is -4.47. The quantitative estimate of drug-likeness (QED) is 0.911. The molecule has 1 aromatic rings. The number of halogens is 4. The summed E-state index contributed by atoms with van der Waals surface area (Å²) >= 11 is 5.93. The average molecular weight is 322 g/mol. The van der Waals surface area contributed by atoms with Gasteiger partial charge in [-0.3, -0.25) is 4.79 Å². The van der Waals surface area contributed by atoms with Gasteiger partial charge in [-0.2, -0.15) is 13.2 Å². The predicted octanol–water partition coefficient (Wildman–Crippen LogP) is 2.72. The van der Waals surface area contributed by atoms with E-state index >= 15 is 0 Å². The normalized spacial score (nSPS) is 19.5. The van der Waals surface area contributed by atoms with Crippen molar-refractivity contribution in [1.82, 2.24) is 10.3 Å². The highest BCUT2D eigenvalue weighted by molar-refractivity contribution is 6.33. The van der Waals surface area contributed by atoms with E-state index in [-0.39, 0.29) is 16.8 Å². The van der Waals surface area contributed by atoms with Gasteiger partial charge >= 0.3 is 6.18 Å². The highest BCUT2D eigenvalue weighted by atomic mass is 35.5. The van der Waals surface area contributed by atoms with Crippen LogP contribution in [0.1, 0.15) is 18.4 Å². The Hall–Kier alpha value is -1.50. The number of nitrogens with zero attached hydrogens (tertiary/aromatic N) is 2. The molecule has 0 aromatic carbocycles. The molecule has 0 saturated carbocycles. The molecule has 1 unspecified atom stereocenters. The van der Waals surface area contributed by atoms with Crippen molar-refractivity contribution in [2.45, 2.75) is 19.0 Å². The van der Waals surface area contributed by atoms with Crippen LogP contribution in [0.2, 0.25) is 5.02 Å². The molecule has 1 atom stereocenters. The smallest absolute Gasteiger partial charge is 0.359 e. The highest BCUT2D eigenvalue weighted by Gasteiger charge is 2.33. The summed E-state index contributed by atoms with van der Waals surface area (Å²) in [5, 5.41) is 2.53. The molecule has 1 aliphatic rings. The van der Waals surface area contributed by atoms with Crippen molar-refractivity contribution >= 4 is 23.3 Å². The molecule has 0 bridgehead atoms. The molecule has 1 aromatic heterocycles. The fourth-order valence-electron chi connectivity index (χ4n) is 2.41. The van der Waals surface area contributed by atoms with E-state index in [4.69, 9.17) is 11.6 Å². The van der Waals surface area contributed by atoms with Crippen LogP contribution in [0, 0.1) is 5.92 Å². The average Bonchev–Trinajstić information content (AvgIpc) is 2.45. The second kappa shape index (κ2) is 6.09. The molecule has 2 heterocycles. The van der Waals surface area contributed by atoms with Crippen molar-refractivity contribution in [3.05, 3.63) is 22.8 Å². The third-order valence-corrected chi connectivity index (χ3v) is 3.77. The molecule has 0 radical (unpaired) electrons. The number of hydrogen-bond donors (Lipinski definition) is 1. The first-order valence-electron chi connectivity index (χ1n) is 6.52. The maximum Gasteiger partial charge on any atom is 0.417 e. The minimum absolute atomic E-state index is 0.0534. The van der Waals surface area contributed by atoms with Crippen molar-refractivity contribution in [1.29, 1.82) is 0 Å². The number of amides is 1. The summed E-state index contributed by atoms with van der Waals surface area (Å²) in [6.45, 7) is 1.02. The van der Waals surface area contributed by atoms with Gasteiger partial charge in [0.25, 0.3) is 0 Å². The van der Waals surface area contributed by atoms with Gasteiger partial charge in [-0.15, -0.1) is 0 Å². The van der Waals surface area contributed by atoms with Crippen LogP contribution in [0.5, 0.6) is 0 Å². The van der Waals surface area contributed by atoms with Crippen LogP contribution in [0.25, 0.3) is 0 Å². The first kappa shape index (κ1) is 15.9. The van der Waals surface area contributed by atoms with E-state index in [1.165, 1.54) is 0 Å². The van der Waals surface area contributed by atoms with Gasteiger partial charge in [0.1, 0.15) is 5.82 Å². The zero-order chi connectivity index (χ0) is 15.6. The van der Waals surface area contributed by atoms with E-state index < -0.39 is 11.7 Å². The monoisotopic (exact) mass is 321 g/mol. The van der Waals surface area contributed by atoms with E-state index in [0.717, 1.165) is 25.1 Å². The number of nitrogens with one attached hydrogen (secondary N) is 1. The van der Waals surface area contributed by atoms with Gasteiger partial charge in [0.15, 0.2) is 0 Å². The van der Waals surface area contributed by atoms with Gasteiger partial charge < -0.3 is 10.2 Å². The van der Waals surface area contributed by atoms with Gasteiger partial charge in [-0.25, -0.2) is 4.98 Å². The molecule has 1 N–H and O–H groups in total. The number of anilines is 1. The molecule has 1 amide bonds. The Balaban J connectivity index is 2.20. The van der Waals surface area contributed by atoms with E-state index in [2.05, 4.69) is 10.3 Å². The van der Waals surface area contributed by atoms with E-state index in [1.54, 1.807) is 11.9 Å². The van der Waals surface area contributed by atoms with Crippen LogP contribution in [0.3, 0.4) is 0 Å². The molecule has 116 valence electrons. The Morgan fingerprint density at radius 1 is 1.52 bits per heavy atom. The Kier molecular flexibility index (Phi) is 4.61. The number of aromatic nitrogens is 1. The lowest BCUT2D eigenvalue weighted by molar-refractivity contribution is -0.137. The summed E-state index contributed by atoms with van der Waals surface area (Å²) in [5.41, 5.74) is -0.879. The topological polar surface area (TPSA) is 45.2 Å². The fourth-order valence-corrected chi connectivity index (χ4v) is 2.69. The lowest BCUT2D eigenvalue weighted by atomic mass is 9.97. The Labute approximate surface area is 125 Å². The largest absolute Gasteiger partial charge is 0.417 e. The number of carbonyl (C=O) groups is 1. The first-order chi connectivity index (χ1) is 9.82. The van der Waals surface area contributed by atoms with Crippen LogP contribution < -0.4 is 10.2 Å². The Morgan fingerprint density at radius 3 is 2.81 bits per heavy atom. The van der Waals surface area contributed by atoms with Crippen molar-refractivity contribution in [2.75, 3.05) is 25.0 Å². The summed E-state index contributed by atoms with van der Waals surface area (Å²) in [4.78, 5) is 17.3. The fraction of sp³-hybridized carbons (Fsp3) is 0.538. The number of piperidine rings is 1. The van der Waals surface area contributed by atoms with E-state index in [1.807, 2.05) is 0 Å². The van der Waals surface area contributed by atoms with Crippen LogP contribution in [0.15, 0.2) is 12.3 Å². The van der Waals surface area contributed by atoms with E-state index in [0.29, 0.717) is 18.9 Å². The summed E-state index contributed by atoms with van der Waals surface area (Å²) < 4.78 is 37.8. The third kappa shape index (κ3) is 3.58. The molecule has 1 fully saturated rings. The van der Waals surface area contributed by atoms with Gasteiger partial charge in [-0.1, -0.05) is 11.6 Å². The molecule has 1 aliphatic heterocycles. The molecule has 1 saturated heterocycles.